The Labute approximate surface area is 119 Å². The molecular weight excluding hydrogens is 256 g/mol. The lowest BCUT2D eigenvalue weighted by atomic mass is 10.2. The van der Waals surface area contributed by atoms with Crippen molar-refractivity contribution in [1.82, 2.24) is 14.9 Å². The summed E-state index contributed by atoms with van der Waals surface area (Å²) in [6, 6.07) is 2.24. The maximum absolute atomic E-state index is 11.2. The van der Waals surface area contributed by atoms with Crippen molar-refractivity contribution in [2.24, 2.45) is 0 Å². The van der Waals surface area contributed by atoms with E-state index in [4.69, 9.17) is 0 Å². The Morgan fingerprint density at radius 1 is 1.50 bits per heavy atom. The van der Waals surface area contributed by atoms with Gasteiger partial charge >= 0.3 is 5.97 Å². The van der Waals surface area contributed by atoms with Crippen LogP contribution in [-0.2, 0) is 9.53 Å². The van der Waals surface area contributed by atoms with Gasteiger partial charge in [0.2, 0.25) is 5.95 Å². The first-order valence-corrected chi connectivity index (χ1v) is 6.95. The fourth-order valence-electron chi connectivity index (χ4n) is 2.46. The average molecular weight is 278 g/mol. The number of piperazine rings is 1. The Morgan fingerprint density at radius 2 is 2.30 bits per heavy atom. The minimum Gasteiger partial charge on any atom is -0.469 e. The molecule has 110 valence electrons. The van der Waals surface area contributed by atoms with Crippen LogP contribution in [0, 0.1) is 6.92 Å². The highest BCUT2D eigenvalue weighted by atomic mass is 16.5. The van der Waals surface area contributed by atoms with Crippen LogP contribution >= 0.6 is 0 Å². The van der Waals surface area contributed by atoms with Crippen LogP contribution in [0.3, 0.4) is 0 Å². The van der Waals surface area contributed by atoms with Gasteiger partial charge in [0.05, 0.1) is 13.5 Å². The molecule has 1 fully saturated rings. The van der Waals surface area contributed by atoms with E-state index >= 15 is 0 Å². The van der Waals surface area contributed by atoms with Crippen LogP contribution in [0.15, 0.2) is 12.3 Å². The standard InChI is InChI=1S/C14H22N4O2/c1-11-4-6-15-14(16-11)18-9-8-17(10-12(18)2)7-5-13(19)20-3/h4,6,12H,5,7-10H2,1-3H3/t12-/m0/s1. The number of esters is 1. The van der Waals surface area contributed by atoms with Crippen molar-refractivity contribution in [3.8, 4) is 0 Å². The predicted octanol–water partition coefficient (Wildman–Crippen LogP) is 0.859. The molecule has 6 nitrogen and oxygen atoms in total. The third-order valence-electron chi connectivity index (χ3n) is 3.61. The molecular formula is C14H22N4O2. The lowest BCUT2D eigenvalue weighted by Crippen LogP contribution is -2.52. The second-order valence-corrected chi connectivity index (χ2v) is 5.17. The van der Waals surface area contributed by atoms with Crippen molar-refractivity contribution in [2.45, 2.75) is 26.3 Å². The van der Waals surface area contributed by atoms with Crippen LogP contribution < -0.4 is 4.90 Å². The van der Waals surface area contributed by atoms with Gasteiger partial charge in [0, 0.05) is 44.1 Å². The van der Waals surface area contributed by atoms with E-state index in [0.717, 1.165) is 37.8 Å². The first-order chi connectivity index (χ1) is 9.60. The number of anilines is 1. The molecule has 1 saturated heterocycles. The molecule has 1 aromatic heterocycles. The minimum absolute atomic E-state index is 0.151. The SMILES string of the molecule is COC(=O)CCN1CCN(c2nccc(C)n2)[C@@H](C)C1. The maximum atomic E-state index is 11.2. The monoisotopic (exact) mass is 278 g/mol. The molecule has 1 aliphatic rings. The van der Waals surface area contributed by atoms with Crippen LogP contribution in [0.1, 0.15) is 19.0 Å². The predicted molar refractivity (Wildman–Crippen MR) is 76.7 cm³/mol. The Kier molecular flexibility index (Phi) is 4.89. The number of carbonyl (C=O) groups is 1. The molecule has 0 aliphatic carbocycles. The molecule has 6 heteroatoms. The van der Waals surface area contributed by atoms with E-state index in [9.17, 15) is 4.79 Å². The zero-order valence-electron chi connectivity index (χ0n) is 12.4. The number of hydrogen-bond donors (Lipinski definition) is 0. The van der Waals surface area contributed by atoms with Crippen molar-refractivity contribution < 1.29 is 9.53 Å². The fourth-order valence-corrected chi connectivity index (χ4v) is 2.46. The van der Waals surface area contributed by atoms with E-state index in [1.54, 1.807) is 6.20 Å². The van der Waals surface area contributed by atoms with Crippen molar-refractivity contribution >= 4 is 11.9 Å². The Morgan fingerprint density at radius 3 is 2.95 bits per heavy atom. The van der Waals surface area contributed by atoms with E-state index < -0.39 is 0 Å². The fraction of sp³-hybridized carbons (Fsp3) is 0.643. The first-order valence-electron chi connectivity index (χ1n) is 6.95. The van der Waals surface area contributed by atoms with Crippen molar-refractivity contribution in [1.29, 1.82) is 0 Å². The van der Waals surface area contributed by atoms with Gasteiger partial charge in [0.1, 0.15) is 0 Å². The third kappa shape index (κ3) is 3.66. The number of aryl methyl sites for hydroxylation is 1. The number of rotatable bonds is 4. The second kappa shape index (κ2) is 6.65. The van der Waals surface area contributed by atoms with Gasteiger partial charge in [-0.3, -0.25) is 9.69 Å². The number of aromatic nitrogens is 2. The smallest absolute Gasteiger partial charge is 0.306 e. The zero-order chi connectivity index (χ0) is 14.5. The maximum Gasteiger partial charge on any atom is 0.306 e. The van der Waals surface area contributed by atoms with Crippen LogP contribution in [0.5, 0.6) is 0 Å². The molecule has 0 amide bonds. The van der Waals surface area contributed by atoms with E-state index in [2.05, 4.69) is 31.4 Å². The van der Waals surface area contributed by atoms with Gasteiger partial charge in [0.25, 0.3) is 0 Å². The van der Waals surface area contributed by atoms with Crippen molar-refractivity contribution in [3.63, 3.8) is 0 Å². The largest absolute Gasteiger partial charge is 0.469 e. The molecule has 1 aromatic rings. The average Bonchev–Trinajstić information content (AvgIpc) is 2.44. The molecule has 0 aromatic carbocycles. The first kappa shape index (κ1) is 14.7. The molecule has 2 rings (SSSR count). The summed E-state index contributed by atoms with van der Waals surface area (Å²) >= 11 is 0. The molecule has 0 saturated carbocycles. The summed E-state index contributed by atoms with van der Waals surface area (Å²) < 4.78 is 4.68. The Balaban J connectivity index is 1.91. The molecule has 0 N–H and O–H groups in total. The third-order valence-corrected chi connectivity index (χ3v) is 3.61. The van der Waals surface area contributed by atoms with Gasteiger partial charge < -0.3 is 9.64 Å². The summed E-state index contributed by atoms with van der Waals surface area (Å²) in [6.45, 7) is 7.59. The quantitative estimate of drug-likeness (QED) is 0.761. The molecule has 1 atom stereocenters. The Bertz CT molecular complexity index is 466. The summed E-state index contributed by atoms with van der Waals surface area (Å²) in [5, 5.41) is 0. The highest BCUT2D eigenvalue weighted by Crippen LogP contribution is 2.16. The topological polar surface area (TPSA) is 58.6 Å². The molecule has 2 heterocycles. The van der Waals surface area contributed by atoms with Gasteiger partial charge in [-0.2, -0.15) is 0 Å². The summed E-state index contributed by atoms with van der Waals surface area (Å²) in [5.41, 5.74) is 0.982. The van der Waals surface area contributed by atoms with Crippen molar-refractivity contribution in [3.05, 3.63) is 18.0 Å². The number of carbonyl (C=O) groups excluding carboxylic acids is 1. The highest BCUT2D eigenvalue weighted by molar-refractivity contribution is 5.69. The summed E-state index contributed by atoms with van der Waals surface area (Å²) in [4.78, 5) is 24.5. The van der Waals surface area contributed by atoms with Gasteiger partial charge in [0.15, 0.2) is 0 Å². The van der Waals surface area contributed by atoms with E-state index in [1.165, 1.54) is 7.11 Å². The molecule has 0 bridgehead atoms. The van der Waals surface area contributed by atoms with Gasteiger partial charge in [-0.25, -0.2) is 9.97 Å². The molecule has 0 spiro atoms. The summed E-state index contributed by atoms with van der Waals surface area (Å²) in [6.07, 6.45) is 2.25. The number of ether oxygens (including phenoxy) is 1. The van der Waals surface area contributed by atoms with E-state index in [0.29, 0.717) is 12.5 Å². The number of nitrogens with zero attached hydrogens (tertiary/aromatic N) is 4. The zero-order valence-corrected chi connectivity index (χ0v) is 12.4. The highest BCUT2D eigenvalue weighted by Gasteiger charge is 2.25. The van der Waals surface area contributed by atoms with Crippen molar-refractivity contribution in [2.75, 3.05) is 38.2 Å². The van der Waals surface area contributed by atoms with E-state index in [1.807, 2.05) is 13.0 Å². The van der Waals surface area contributed by atoms with Gasteiger partial charge in [-0.15, -0.1) is 0 Å². The van der Waals surface area contributed by atoms with Gasteiger partial charge in [-0.1, -0.05) is 0 Å². The van der Waals surface area contributed by atoms with Crippen LogP contribution in [0.4, 0.5) is 5.95 Å². The van der Waals surface area contributed by atoms with Crippen LogP contribution in [0.2, 0.25) is 0 Å². The molecule has 0 radical (unpaired) electrons. The number of hydrogen-bond acceptors (Lipinski definition) is 6. The number of methoxy groups -OCH3 is 1. The normalized spacial score (nSPS) is 19.9. The van der Waals surface area contributed by atoms with Crippen LogP contribution in [0.25, 0.3) is 0 Å². The second-order valence-electron chi connectivity index (χ2n) is 5.17. The molecule has 1 aliphatic heterocycles. The summed E-state index contributed by atoms with van der Waals surface area (Å²) in [5.74, 6) is 0.646. The lowest BCUT2D eigenvalue weighted by molar-refractivity contribution is -0.141. The molecule has 20 heavy (non-hydrogen) atoms. The lowest BCUT2D eigenvalue weighted by Gasteiger charge is -2.39. The molecule has 0 unspecified atom stereocenters. The summed E-state index contributed by atoms with van der Waals surface area (Å²) in [7, 11) is 1.43. The van der Waals surface area contributed by atoms with Crippen LogP contribution in [-0.4, -0.2) is 60.2 Å². The van der Waals surface area contributed by atoms with E-state index in [-0.39, 0.29) is 5.97 Å². The van der Waals surface area contributed by atoms with Gasteiger partial charge in [-0.05, 0) is 19.9 Å². The minimum atomic E-state index is -0.151. The Hall–Kier alpha value is -1.69.